The lowest BCUT2D eigenvalue weighted by Gasteiger charge is -2.09. The third-order valence-corrected chi connectivity index (χ3v) is 3.14. The summed E-state index contributed by atoms with van der Waals surface area (Å²) in [5, 5.41) is 11.8. The van der Waals surface area contributed by atoms with Crippen molar-refractivity contribution in [3.05, 3.63) is 63.8 Å². The van der Waals surface area contributed by atoms with Crippen molar-refractivity contribution in [2.24, 2.45) is 0 Å². The number of pyridine rings is 1. The Bertz CT molecular complexity index is 730. The number of carbonyl (C=O) groups excluding carboxylic acids is 1. The van der Waals surface area contributed by atoms with Gasteiger partial charge >= 0.3 is 0 Å². The monoisotopic (exact) mass is 320 g/mol. The number of benzene rings is 1. The Morgan fingerprint density at radius 1 is 1.35 bits per heavy atom. The number of amides is 1. The topological polar surface area (TPSA) is 91.4 Å². The van der Waals surface area contributed by atoms with Crippen molar-refractivity contribution in [2.45, 2.75) is 13.0 Å². The highest BCUT2D eigenvalue weighted by atomic mass is 19.1. The molecule has 0 saturated heterocycles. The van der Waals surface area contributed by atoms with Gasteiger partial charge in [0.1, 0.15) is 11.6 Å². The molecule has 3 N–H and O–H groups in total. The van der Waals surface area contributed by atoms with E-state index in [0.29, 0.717) is 25.3 Å². The zero-order valence-electron chi connectivity index (χ0n) is 12.3. The Morgan fingerprint density at radius 3 is 2.91 bits per heavy atom. The molecule has 1 aromatic heterocycles. The Balaban J connectivity index is 1.79. The molecule has 0 radical (unpaired) electrons. The second-order valence-corrected chi connectivity index (χ2v) is 4.77. The molecule has 0 atom stereocenters. The lowest BCUT2D eigenvalue weighted by molar-refractivity contribution is 0.0948. The van der Waals surface area contributed by atoms with Gasteiger partial charge in [-0.25, -0.2) is 4.39 Å². The second-order valence-electron chi connectivity index (χ2n) is 4.77. The van der Waals surface area contributed by atoms with Gasteiger partial charge in [0, 0.05) is 18.8 Å². The third-order valence-electron chi connectivity index (χ3n) is 3.14. The Hall–Kier alpha value is -2.67. The van der Waals surface area contributed by atoms with Crippen LogP contribution in [0.25, 0.3) is 0 Å². The van der Waals surface area contributed by atoms with Crippen LogP contribution in [0.2, 0.25) is 0 Å². The normalized spacial score (nSPS) is 10.3. The fourth-order valence-corrected chi connectivity index (χ4v) is 2.00. The average molecular weight is 320 g/mol. The fraction of sp³-hybridized carbons (Fsp3) is 0.250. The van der Waals surface area contributed by atoms with Crippen molar-refractivity contribution in [2.75, 3.05) is 13.2 Å². The number of aliphatic hydroxyl groups excluding tert-OH is 1. The molecule has 2 aromatic rings. The zero-order valence-corrected chi connectivity index (χ0v) is 12.3. The zero-order chi connectivity index (χ0) is 16.7. The number of nitrogens with one attached hydrogen (secondary N) is 2. The maximum atomic E-state index is 13.0. The number of rotatable bonds is 7. The Morgan fingerprint density at radius 2 is 2.17 bits per heavy atom. The van der Waals surface area contributed by atoms with E-state index in [0.717, 1.165) is 0 Å². The molecule has 23 heavy (non-hydrogen) atoms. The van der Waals surface area contributed by atoms with Gasteiger partial charge in [0.25, 0.3) is 11.5 Å². The molecule has 0 aliphatic carbocycles. The van der Waals surface area contributed by atoms with Crippen molar-refractivity contribution in [3.8, 4) is 5.75 Å². The van der Waals surface area contributed by atoms with E-state index >= 15 is 0 Å². The van der Waals surface area contributed by atoms with Gasteiger partial charge in [0.15, 0.2) is 0 Å². The summed E-state index contributed by atoms with van der Waals surface area (Å²) in [5.74, 6) is -0.388. The molecule has 0 bridgehead atoms. The number of hydrogen-bond acceptors (Lipinski definition) is 4. The minimum absolute atomic E-state index is 0.0287. The summed E-state index contributed by atoms with van der Waals surface area (Å²) in [5.41, 5.74) is -0.321. The van der Waals surface area contributed by atoms with E-state index in [2.05, 4.69) is 10.3 Å². The van der Waals surface area contributed by atoms with Crippen molar-refractivity contribution >= 4 is 5.91 Å². The van der Waals surface area contributed by atoms with Gasteiger partial charge in [0.2, 0.25) is 0 Å². The van der Waals surface area contributed by atoms with Gasteiger partial charge in [-0.3, -0.25) is 9.59 Å². The minimum atomic E-state index is -0.512. The highest BCUT2D eigenvalue weighted by Gasteiger charge is 2.12. The Kier molecular flexibility index (Phi) is 5.87. The predicted molar refractivity (Wildman–Crippen MR) is 81.8 cm³/mol. The fourth-order valence-electron chi connectivity index (χ4n) is 2.00. The summed E-state index contributed by atoms with van der Waals surface area (Å²) < 4.78 is 18.3. The number of aromatic amines is 1. The van der Waals surface area contributed by atoms with E-state index in [1.807, 2.05) is 0 Å². The van der Waals surface area contributed by atoms with Gasteiger partial charge in [-0.05, 0) is 24.6 Å². The number of aliphatic hydroxyl groups is 1. The van der Waals surface area contributed by atoms with Gasteiger partial charge in [-0.15, -0.1) is 0 Å². The molecule has 2 rings (SSSR count). The van der Waals surface area contributed by atoms with Crippen LogP contribution in [0.15, 0.2) is 41.3 Å². The van der Waals surface area contributed by atoms with Crippen LogP contribution in [0.4, 0.5) is 4.39 Å². The van der Waals surface area contributed by atoms with Crippen LogP contribution in [-0.4, -0.2) is 29.1 Å². The van der Waals surface area contributed by atoms with E-state index in [1.54, 1.807) is 12.1 Å². The average Bonchev–Trinajstić information content (AvgIpc) is 2.54. The van der Waals surface area contributed by atoms with Crippen molar-refractivity contribution in [1.29, 1.82) is 0 Å². The Labute approximate surface area is 131 Å². The first-order chi connectivity index (χ1) is 11.1. The van der Waals surface area contributed by atoms with Gasteiger partial charge in [-0.2, -0.15) is 0 Å². The van der Waals surface area contributed by atoms with Crippen LogP contribution in [0.5, 0.6) is 5.75 Å². The first kappa shape index (κ1) is 16.7. The second kappa shape index (κ2) is 8.09. The molecule has 0 unspecified atom stereocenters. The minimum Gasteiger partial charge on any atom is -0.493 e. The molecule has 1 heterocycles. The summed E-state index contributed by atoms with van der Waals surface area (Å²) in [7, 11) is 0. The van der Waals surface area contributed by atoms with Crippen LogP contribution in [0, 0.1) is 5.82 Å². The summed E-state index contributed by atoms with van der Waals surface area (Å²) in [6, 6.07) is 7.24. The van der Waals surface area contributed by atoms with Gasteiger partial charge in [-0.1, -0.05) is 6.07 Å². The number of ether oxygens (including phenoxy) is 1. The molecule has 1 amide bonds. The SMILES string of the molecule is O=C(NCCCOc1cccc(F)c1)c1cc[nH]c(=O)c1CO. The lowest BCUT2D eigenvalue weighted by Crippen LogP contribution is -2.29. The molecule has 0 aliphatic heterocycles. The molecular formula is C16H17FN2O4. The van der Waals surface area contributed by atoms with Crippen molar-refractivity contribution in [1.82, 2.24) is 10.3 Å². The summed E-state index contributed by atoms with van der Waals surface area (Å²) in [6.45, 7) is 0.124. The molecule has 122 valence electrons. The van der Waals surface area contributed by atoms with Crippen molar-refractivity contribution < 1.29 is 19.0 Å². The molecule has 7 heteroatoms. The maximum absolute atomic E-state index is 13.0. The number of H-pyrrole nitrogens is 1. The molecule has 1 aromatic carbocycles. The van der Waals surface area contributed by atoms with E-state index in [9.17, 15) is 14.0 Å². The maximum Gasteiger partial charge on any atom is 0.254 e. The molecular weight excluding hydrogens is 303 g/mol. The van der Waals surface area contributed by atoms with E-state index in [-0.39, 0.29) is 16.9 Å². The predicted octanol–water partition coefficient (Wildman–Crippen LogP) is 1.21. The number of carbonyl (C=O) groups is 1. The number of hydrogen-bond donors (Lipinski definition) is 3. The standard InChI is InChI=1S/C16H17FN2O4/c17-11-3-1-4-12(9-11)23-8-2-6-18-15(21)13-5-7-19-16(22)14(13)10-20/h1,3-5,7,9,20H,2,6,8,10H2,(H,18,21)(H,19,22). The van der Waals surface area contributed by atoms with Crippen LogP contribution < -0.4 is 15.6 Å². The molecule has 0 spiro atoms. The molecule has 0 aliphatic rings. The first-order valence-electron chi connectivity index (χ1n) is 7.10. The van der Waals surface area contributed by atoms with E-state index in [4.69, 9.17) is 9.84 Å². The van der Waals surface area contributed by atoms with E-state index < -0.39 is 18.1 Å². The van der Waals surface area contributed by atoms with Crippen molar-refractivity contribution in [3.63, 3.8) is 0 Å². The lowest BCUT2D eigenvalue weighted by atomic mass is 10.1. The summed E-state index contributed by atoms with van der Waals surface area (Å²) in [6.07, 6.45) is 1.86. The first-order valence-corrected chi connectivity index (χ1v) is 7.10. The third kappa shape index (κ3) is 4.65. The highest BCUT2D eigenvalue weighted by Crippen LogP contribution is 2.11. The quantitative estimate of drug-likeness (QED) is 0.669. The molecule has 0 fully saturated rings. The van der Waals surface area contributed by atoms with E-state index in [1.165, 1.54) is 24.4 Å². The largest absolute Gasteiger partial charge is 0.493 e. The molecule has 6 nitrogen and oxygen atoms in total. The number of aromatic nitrogens is 1. The van der Waals surface area contributed by atoms with Crippen LogP contribution in [0.3, 0.4) is 0 Å². The van der Waals surface area contributed by atoms with Gasteiger partial charge in [0.05, 0.1) is 24.3 Å². The van der Waals surface area contributed by atoms with Gasteiger partial charge < -0.3 is 20.1 Å². The van der Waals surface area contributed by atoms with Crippen LogP contribution in [-0.2, 0) is 6.61 Å². The summed E-state index contributed by atoms with van der Waals surface area (Å²) in [4.78, 5) is 25.9. The summed E-state index contributed by atoms with van der Waals surface area (Å²) >= 11 is 0. The molecule has 0 saturated carbocycles. The van der Waals surface area contributed by atoms with Crippen LogP contribution >= 0.6 is 0 Å². The smallest absolute Gasteiger partial charge is 0.254 e. The van der Waals surface area contributed by atoms with Crippen LogP contribution in [0.1, 0.15) is 22.3 Å². The number of halogens is 1. The highest BCUT2D eigenvalue weighted by molar-refractivity contribution is 5.95.